The van der Waals surface area contributed by atoms with E-state index in [4.69, 9.17) is 37.9 Å². The number of carbonyl (C=O) groups excluding carboxylic acids is 1. The van der Waals surface area contributed by atoms with Crippen LogP contribution in [0.3, 0.4) is 0 Å². The lowest BCUT2D eigenvalue weighted by Crippen LogP contribution is -2.16. The van der Waals surface area contributed by atoms with E-state index in [-0.39, 0.29) is 13.0 Å². The Hall–Kier alpha value is -2.27. The van der Waals surface area contributed by atoms with Crippen molar-refractivity contribution in [3.05, 3.63) is 56.0 Å². The van der Waals surface area contributed by atoms with Gasteiger partial charge in [0, 0.05) is 25.6 Å². The molecule has 0 spiro atoms. The number of amides is 1. The lowest BCUT2D eigenvalue weighted by molar-refractivity contribution is -0.120. The fraction of sp³-hybridized carbons (Fsp3) is 0.167. The van der Waals surface area contributed by atoms with Gasteiger partial charge in [-0.25, -0.2) is 5.43 Å². The Morgan fingerprint density at radius 1 is 1.33 bits per heavy atom. The van der Waals surface area contributed by atoms with E-state index in [1.807, 2.05) is 0 Å². The van der Waals surface area contributed by atoms with Crippen molar-refractivity contribution in [1.82, 2.24) is 5.43 Å². The Morgan fingerprint density at radius 3 is 2.78 bits per heavy atom. The first-order chi connectivity index (χ1) is 12.9. The number of nitrogens with zero attached hydrogens (tertiary/aromatic N) is 2. The highest BCUT2D eigenvalue weighted by Gasteiger charge is 2.11. The van der Waals surface area contributed by atoms with Crippen LogP contribution in [0, 0.1) is 11.3 Å². The van der Waals surface area contributed by atoms with Gasteiger partial charge in [0.25, 0.3) is 5.91 Å². The fourth-order valence-corrected chi connectivity index (χ4v) is 2.89. The second-order valence-corrected chi connectivity index (χ2v) is 6.88. The number of nitrogens with one attached hydrogen (secondary N) is 1. The Bertz CT molecular complexity index is 913. The standard InChI is InChI=1S/C18H14BrCl2N3O3/c1-26-16-6-12(9-23-24-18(25)4-5-22)14(19)8-17(16)27-10-11-2-3-13(20)7-15(11)21/h2-3,6-9H,4,10H2,1H3,(H,24,25)/b23-9+. The number of rotatable bonds is 7. The van der Waals surface area contributed by atoms with Crippen LogP contribution in [0.2, 0.25) is 10.0 Å². The van der Waals surface area contributed by atoms with Crippen molar-refractivity contribution < 1.29 is 14.3 Å². The van der Waals surface area contributed by atoms with Crippen molar-refractivity contribution in [2.75, 3.05) is 7.11 Å². The SMILES string of the molecule is COc1cc(/C=N/NC(=O)CC#N)c(Br)cc1OCc1ccc(Cl)cc1Cl. The summed E-state index contributed by atoms with van der Waals surface area (Å²) in [4.78, 5) is 11.2. The molecule has 1 N–H and O–H groups in total. The lowest BCUT2D eigenvalue weighted by atomic mass is 10.2. The third-order valence-corrected chi connectivity index (χ3v) is 4.59. The molecule has 0 fully saturated rings. The molecule has 2 aromatic carbocycles. The molecule has 0 bridgehead atoms. The summed E-state index contributed by atoms with van der Waals surface area (Å²) in [6, 6.07) is 10.3. The Labute approximate surface area is 174 Å². The molecule has 0 radical (unpaired) electrons. The van der Waals surface area contributed by atoms with Gasteiger partial charge in [0.15, 0.2) is 11.5 Å². The highest BCUT2D eigenvalue weighted by Crippen LogP contribution is 2.34. The molecule has 0 atom stereocenters. The van der Waals surface area contributed by atoms with Gasteiger partial charge in [0.2, 0.25) is 0 Å². The number of hydrogen-bond donors (Lipinski definition) is 1. The Morgan fingerprint density at radius 2 is 2.11 bits per heavy atom. The largest absolute Gasteiger partial charge is 0.493 e. The predicted octanol–water partition coefficient (Wildman–Crippen LogP) is 4.71. The summed E-state index contributed by atoms with van der Waals surface area (Å²) in [6.07, 6.45) is 1.17. The van der Waals surface area contributed by atoms with Crippen LogP contribution < -0.4 is 14.9 Å². The zero-order chi connectivity index (χ0) is 19.8. The van der Waals surface area contributed by atoms with E-state index in [2.05, 4.69) is 26.5 Å². The number of halogens is 3. The maximum atomic E-state index is 11.2. The van der Waals surface area contributed by atoms with Gasteiger partial charge in [-0.3, -0.25) is 4.79 Å². The number of benzene rings is 2. The van der Waals surface area contributed by atoms with E-state index >= 15 is 0 Å². The topological polar surface area (TPSA) is 83.7 Å². The summed E-state index contributed by atoms with van der Waals surface area (Å²) in [6.45, 7) is 0.233. The zero-order valence-corrected chi connectivity index (χ0v) is 17.2. The smallest absolute Gasteiger partial charge is 0.254 e. The Balaban J connectivity index is 2.14. The van der Waals surface area contributed by atoms with E-state index < -0.39 is 5.91 Å². The number of hydrogen-bond acceptors (Lipinski definition) is 5. The molecule has 0 aliphatic carbocycles. The monoisotopic (exact) mass is 469 g/mol. The van der Waals surface area contributed by atoms with Gasteiger partial charge < -0.3 is 9.47 Å². The summed E-state index contributed by atoms with van der Waals surface area (Å²) >= 11 is 15.5. The molecule has 1 amide bonds. The molecule has 0 saturated carbocycles. The van der Waals surface area contributed by atoms with Crippen molar-refractivity contribution in [1.29, 1.82) is 5.26 Å². The predicted molar refractivity (Wildman–Crippen MR) is 107 cm³/mol. The van der Waals surface area contributed by atoms with Crippen molar-refractivity contribution in [2.24, 2.45) is 5.10 Å². The average Bonchev–Trinajstić information content (AvgIpc) is 2.62. The second-order valence-electron chi connectivity index (χ2n) is 5.18. The first-order valence-electron chi connectivity index (χ1n) is 7.57. The molecule has 2 rings (SSSR count). The van der Waals surface area contributed by atoms with Crippen molar-refractivity contribution in [2.45, 2.75) is 13.0 Å². The van der Waals surface area contributed by atoms with E-state index in [0.29, 0.717) is 31.6 Å². The molecule has 9 heteroatoms. The summed E-state index contributed by atoms with van der Waals surface area (Å²) in [5, 5.41) is 13.3. The molecule has 6 nitrogen and oxygen atoms in total. The molecule has 0 saturated heterocycles. The van der Waals surface area contributed by atoms with Crippen molar-refractivity contribution >= 4 is 51.3 Å². The third kappa shape index (κ3) is 6.14. The van der Waals surface area contributed by atoms with E-state index in [1.165, 1.54) is 13.3 Å². The van der Waals surface area contributed by atoms with Crippen LogP contribution in [0.4, 0.5) is 0 Å². The van der Waals surface area contributed by atoms with Gasteiger partial charge in [0.1, 0.15) is 13.0 Å². The van der Waals surface area contributed by atoms with Gasteiger partial charge in [-0.2, -0.15) is 10.4 Å². The van der Waals surface area contributed by atoms with Crippen LogP contribution in [0.5, 0.6) is 11.5 Å². The summed E-state index contributed by atoms with van der Waals surface area (Å²) in [7, 11) is 1.51. The van der Waals surface area contributed by atoms with E-state index in [1.54, 1.807) is 36.4 Å². The molecular weight excluding hydrogens is 457 g/mol. The molecule has 0 unspecified atom stereocenters. The van der Waals surface area contributed by atoms with E-state index in [9.17, 15) is 4.79 Å². The van der Waals surface area contributed by atoms with Crippen LogP contribution in [0.1, 0.15) is 17.5 Å². The van der Waals surface area contributed by atoms with Gasteiger partial charge >= 0.3 is 0 Å². The first-order valence-corrected chi connectivity index (χ1v) is 9.12. The molecule has 27 heavy (non-hydrogen) atoms. The quantitative estimate of drug-likeness (QED) is 0.469. The first kappa shape index (κ1) is 21.0. The van der Waals surface area contributed by atoms with Crippen molar-refractivity contribution in [3.63, 3.8) is 0 Å². The molecule has 140 valence electrons. The fourth-order valence-electron chi connectivity index (χ4n) is 2.00. The number of carbonyl (C=O) groups is 1. The minimum atomic E-state index is -0.489. The highest BCUT2D eigenvalue weighted by atomic mass is 79.9. The molecule has 0 aliphatic rings. The second kappa shape index (κ2) is 10.2. The zero-order valence-electron chi connectivity index (χ0n) is 14.1. The lowest BCUT2D eigenvalue weighted by Gasteiger charge is -2.13. The number of nitriles is 1. The van der Waals surface area contributed by atoms with Crippen LogP contribution in [0.25, 0.3) is 0 Å². The minimum absolute atomic E-state index is 0.233. The highest BCUT2D eigenvalue weighted by molar-refractivity contribution is 9.10. The normalized spacial score (nSPS) is 10.5. The summed E-state index contributed by atoms with van der Waals surface area (Å²) in [5.41, 5.74) is 3.69. The van der Waals surface area contributed by atoms with Crippen LogP contribution in [0.15, 0.2) is 39.9 Å². The molecule has 2 aromatic rings. The van der Waals surface area contributed by atoms with Gasteiger partial charge in [-0.05, 0) is 40.2 Å². The number of hydrazone groups is 1. The van der Waals surface area contributed by atoms with Gasteiger partial charge in [-0.1, -0.05) is 29.3 Å². The maximum Gasteiger partial charge on any atom is 0.254 e. The van der Waals surface area contributed by atoms with Crippen LogP contribution in [-0.4, -0.2) is 19.2 Å². The molecule has 0 heterocycles. The molecular formula is C18H14BrCl2N3O3. The minimum Gasteiger partial charge on any atom is -0.493 e. The van der Waals surface area contributed by atoms with Gasteiger partial charge in [0.05, 0.1) is 19.4 Å². The van der Waals surface area contributed by atoms with Crippen LogP contribution >= 0.6 is 39.1 Å². The van der Waals surface area contributed by atoms with Gasteiger partial charge in [-0.15, -0.1) is 0 Å². The number of ether oxygens (including phenoxy) is 2. The van der Waals surface area contributed by atoms with Crippen molar-refractivity contribution in [3.8, 4) is 17.6 Å². The summed E-state index contributed by atoms with van der Waals surface area (Å²) in [5.74, 6) is 0.491. The number of methoxy groups -OCH3 is 1. The summed E-state index contributed by atoms with van der Waals surface area (Å²) < 4.78 is 11.8. The molecule has 0 aliphatic heterocycles. The Kier molecular flexibility index (Phi) is 7.92. The van der Waals surface area contributed by atoms with Crippen LogP contribution in [-0.2, 0) is 11.4 Å². The molecule has 0 aromatic heterocycles. The average molecular weight is 471 g/mol. The maximum absolute atomic E-state index is 11.2. The van der Waals surface area contributed by atoms with E-state index in [0.717, 1.165) is 5.56 Å². The third-order valence-electron chi connectivity index (χ3n) is 3.31.